The van der Waals surface area contributed by atoms with Crippen LogP contribution in [0.15, 0.2) is 47.8 Å². The van der Waals surface area contributed by atoms with Gasteiger partial charge in [0, 0.05) is 42.5 Å². The highest BCUT2D eigenvalue weighted by Crippen LogP contribution is 2.36. The summed E-state index contributed by atoms with van der Waals surface area (Å²) in [5.74, 6) is 1.54. The Hall–Kier alpha value is -2.73. The Bertz CT molecular complexity index is 859. The van der Waals surface area contributed by atoms with E-state index >= 15 is 0 Å². The zero-order valence-electron chi connectivity index (χ0n) is 13.4. The van der Waals surface area contributed by atoms with Gasteiger partial charge < -0.3 is 19.7 Å². The zero-order chi connectivity index (χ0) is 16.5. The lowest BCUT2D eigenvalue weighted by atomic mass is 10.1. The average Bonchev–Trinajstić information content (AvgIpc) is 3.24. The van der Waals surface area contributed by atoms with Crippen molar-refractivity contribution < 1.29 is 9.47 Å². The van der Waals surface area contributed by atoms with Crippen LogP contribution in [0.4, 0.5) is 16.5 Å². The van der Waals surface area contributed by atoms with Crippen LogP contribution in [0.1, 0.15) is 0 Å². The molecule has 1 aliphatic rings. The molecule has 1 aromatic heterocycles. The third-order valence-electron chi connectivity index (χ3n) is 3.81. The Kier molecular flexibility index (Phi) is 3.74. The van der Waals surface area contributed by atoms with Gasteiger partial charge in [0.1, 0.15) is 0 Å². The second-order valence-corrected chi connectivity index (χ2v) is 6.53. The van der Waals surface area contributed by atoms with Crippen molar-refractivity contribution in [3.8, 4) is 22.8 Å². The Morgan fingerprint density at radius 3 is 2.62 bits per heavy atom. The fourth-order valence-electron chi connectivity index (χ4n) is 2.49. The molecule has 4 rings (SSSR count). The van der Waals surface area contributed by atoms with Crippen molar-refractivity contribution in [1.29, 1.82) is 0 Å². The first-order valence-electron chi connectivity index (χ1n) is 7.59. The smallest absolute Gasteiger partial charge is 0.231 e. The Morgan fingerprint density at radius 1 is 1.04 bits per heavy atom. The number of ether oxygens (including phenoxy) is 2. The predicted octanol–water partition coefficient (Wildman–Crippen LogP) is 4.35. The molecule has 0 atom stereocenters. The fraction of sp³-hybridized carbons (Fsp3) is 0.167. The lowest BCUT2D eigenvalue weighted by molar-refractivity contribution is 0.174. The van der Waals surface area contributed by atoms with Gasteiger partial charge in [-0.15, -0.1) is 11.3 Å². The minimum Gasteiger partial charge on any atom is -0.454 e. The molecule has 5 nitrogen and oxygen atoms in total. The lowest BCUT2D eigenvalue weighted by Crippen LogP contribution is -2.07. The Balaban J connectivity index is 1.52. The molecule has 122 valence electrons. The van der Waals surface area contributed by atoms with Crippen LogP contribution in [-0.4, -0.2) is 25.9 Å². The summed E-state index contributed by atoms with van der Waals surface area (Å²) >= 11 is 1.58. The van der Waals surface area contributed by atoms with E-state index in [1.54, 1.807) is 11.3 Å². The quantitative estimate of drug-likeness (QED) is 0.766. The minimum absolute atomic E-state index is 0.281. The summed E-state index contributed by atoms with van der Waals surface area (Å²) < 4.78 is 10.7. The highest BCUT2D eigenvalue weighted by molar-refractivity contribution is 7.14. The van der Waals surface area contributed by atoms with E-state index in [0.29, 0.717) is 0 Å². The maximum absolute atomic E-state index is 5.40. The first kappa shape index (κ1) is 14.8. The van der Waals surface area contributed by atoms with Gasteiger partial charge in [-0.2, -0.15) is 0 Å². The van der Waals surface area contributed by atoms with Crippen LogP contribution < -0.4 is 19.7 Å². The summed E-state index contributed by atoms with van der Waals surface area (Å²) in [7, 11) is 4.07. The maximum atomic E-state index is 5.40. The molecule has 0 spiro atoms. The average molecular weight is 339 g/mol. The van der Waals surface area contributed by atoms with E-state index in [0.717, 1.165) is 33.6 Å². The molecular formula is C18H17N3O2S. The number of nitrogens with one attached hydrogen (secondary N) is 1. The standard InChI is InChI=1S/C18H17N3O2S/c1-21(2)14-6-3-12(4-7-14)15-10-24-18(20-15)19-13-5-8-16-17(9-13)23-11-22-16/h3-10H,11H2,1-2H3,(H,19,20). The molecule has 0 fully saturated rings. The molecule has 0 saturated heterocycles. The van der Waals surface area contributed by atoms with E-state index in [1.165, 1.54) is 5.69 Å². The number of aromatic nitrogens is 1. The third-order valence-corrected chi connectivity index (χ3v) is 4.57. The molecule has 0 amide bonds. The predicted molar refractivity (Wildman–Crippen MR) is 97.7 cm³/mol. The summed E-state index contributed by atoms with van der Waals surface area (Å²) in [6, 6.07) is 14.2. The van der Waals surface area contributed by atoms with Gasteiger partial charge in [-0.05, 0) is 24.3 Å². The zero-order valence-corrected chi connectivity index (χ0v) is 14.3. The van der Waals surface area contributed by atoms with Crippen LogP contribution >= 0.6 is 11.3 Å². The second-order valence-electron chi connectivity index (χ2n) is 5.67. The van der Waals surface area contributed by atoms with Crippen molar-refractivity contribution in [1.82, 2.24) is 4.98 Å². The van der Waals surface area contributed by atoms with Crippen molar-refractivity contribution in [2.45, 2.75) is 0 Å². The molecule has 24 heavy (non-hydrogen) atoms. The molecule has 2 heterocycles. The number of benzene rings is 2. The number of hydrogen-bond donors (Lipinski definition) is 1. The van der Waals surface area contributed by atoms with Gasteiger partial charge >= 0.3 is 0 Å². The van der Waals surface area contributed by atoms with Gasteiger partial charge in [-0.3, -0.25) is 0 Å². The van der Waals surface area contributed by atoms with Crippen molar-refractivity contribution >= 4 is 27.8 Å². The third kappa shape index (κ3) is 2.88. The molecule has 0 saturated carbocycles. The number of rotatable bonds is 4. The first-order valence-corrected chi connectivity index (χ1v) is 8.47. The summed E-state index contributed by atoms with van der Waals surface area (Å²) in [6.45, 7) is 0.281. The van der Waals surface area contributed by atoms with Crippen molar-refractivity contribution in [2.24, 2.45) is 0 Å². The van der Waals surface area contributed by atoms with Crippen LogP contribution in [0.3, 0.4) is 0 Å². The number of hydrogen-bond acceptors (Lipinski definition) is 6. The van der Waals surface area contributed by atoms with E-state index in [-0.39, 0.29) is 6.79 Å². The monoisotopic (exact) mass is 339 g/mol. The van der Waals surface area contributed by atoms with Crippen LogP contribution in [-0.2, 0) is 0 Å². The summed E-state index contributed by atoms with van der Waals surface area (Å²) in [5.41, 5.74) is 4.18. The van der Waals surface area contributed by atoms with Gasteiger partial charge in [-0.1, -0.05) is 12.1 Å². The van der Waals surface area contributed by atoms with Gasteiger partial charge in [-0.25, -0.2) is 4.98 Å². The molecule has 0 unspecified atom stereocenters. The minimum atomic E-state index is 0.281. The fourth-order valence-corrected chi connectivity index (χ4v) is 3.23. The Morgan fingerprint density at radius 2 is 1.83 bits per heavy atom. The van der Waals surface area contributed by atoms with E-state index in [1.807, 2.05) is 32.3 Å². The number of thiazole rings is 1. The molecule has 1 N–H and O–H groups in total. The molecule has 1 aliphatic heterocycles. The summed E-state index contributed by atoms with van der Waals surface area (Å²) in [6.07, 6.45) is 0. The molecule has 3 aromatic rings. The highest BCUT2D eigenvalue weighted by Gasteiger charge is 2.14. The molecule has 0 aliphatic carbocycles. The van der Waals surface area contributed by atoms with Crippen LogP contribution in [0.5, 0.6) is 11.5 Å². The molecule has 0 radical (unpaired) electrons. The largest absolute Gasteiger partial charge is 0.454 e. The molecule has 2 aromatic carbocycles. The van der Waals surface area contributed by atoms with Crippen LogP contribution in [0.2, 0.25) is 0 Å². The number of anilines is 3. The van der Waals surface area contributed by atoms with E-state index < -0.39 is 0 Å². The highest BCUT2D eigenvalue weighted by atomic mass is 32.1. The normalized spacial score (nSPS) is 12.2. The van der Waals surface area contributed by atoms with Crippen LogP contribution in [0, 0.1) is 0 Å². The second kappa shape index (κ2) is 6.05. The summed E-state index contributed by atoms with van der Waals surface area (Å²) in [4.78, 5) is 6.75. The van der Waals surface area contributed by atoms with Gasteiger partial charge in [0.15, 0.2) is 16.6 Å². The van der Waals surface area contributed by atoms with E-state index in [9.17, 15) is 0 Å². The van der Waals surface area contributed by atoms with Crippen LogP contribution in [0.25, 0.3) is 11.3 Å². The first-order chi connectivity index (χ1) is 11.7. The van der Waals surface area contributed by atoms with Crippen molar-refractivity contribution in [3.63, 3.8) is 0 Å². The molecule has 0 bridgehead atoms. The summed E-state index contributed by atoms with van der Waals surface area (Å²) in [5, 5.41) is 6.22. The number of fused-ring (bicyclic) bond motifs is 1. The van der Waals surface area contributed by atoms with Crippen molar-refractivity contribution in [2.75, 3.05) is 31.1 Å². The topological polar surface area (TPSA) is 46.6 Å². The van der Waals surface area contributed by atoms with Gasteiger partial charge in [0.25, 0.3) is 0 Å². The van der Waals surface area contributed by atoms with E-state index in [4.69, 9.17) is 9.47 Å². The molecule has 6 heteroatoms. The van der Waals surface area contributed by atoms with Crippen molar-refractivity contribution in [3.05, 3.63) is 47.8 Å². The van der Waals surface area contributed by atoms with Gasteiger partial charge in [0.2, 0.25) is 6.79 Å². The maximum Gasteiger partial charge on any atom is 0.231 e. The number of nitrogens with zero attached hydrogens (tertiary/aromatic N) is 2. The SMILES string of the molecule is CN(C)c1ccc(-c2csc(Nc3ccc4c(c3)OCO4)n2)cc1. The lowest BCUT2D eigenvalue weighted by Gasteiger charge is -2.12. The van der Waals surface area contributed by atoms with Gasteiger partial charge in [0.05, 0.1) is 5.69 Å². The van der Waals surface area contributed by atoms with E-state index in [2.05, 4.69) is 44.8 Å². The Labute approximate surface area is 144 Å². The molecular weight excluding hydrogens is 322 g/mol.